The van der Waals surface area contributed by atoms with Crippen molar-refractivity contribution >= 4 is 17.6 Å². The van der Waals surface area contributed by atoms with E-state index >= 15 is 0 Å². The molecular formula is C14H9ClF2O3. The topological polar surface area (TPSA) is 46.5 Å². The van der Waals surface area contributed by atoms with Crippen LogP contribution in [0.4, 0.5) is 8.78 Å². The van der Waals surface area contributed by atoms with Gasteiger partial charge in [-0.3, -0.25) is 0 Å². The summed E-state index contributed by atoms with van der Waals surface area (Å²) in [5, 5.41) is 9.30. The van der Waals surface area contributed by atoms with Crippen LogP contribution in [0.15, 0.2) is 36.4 Å². The van der Waals surface area contributed by atoms with Crippen molar-refractivity contribution in [3.8, 4) is 5.75 Å². The van der Waals surface area contributed by atoms with Gasteiger partial charge in [0.2, 0.25) is 5.82 Å². The molecular weight excluding hydrogens is 290 g/mol. The summed E-state index contributed by atoms with van der Waals surface area (Å²) < 4.78 is 31.5. The van der Waals surface area contributed by atoms with E-state index in [1.165, 1.54) is 30.3 Å². The van der Waals surface area contributed by atoms with E-state index in [0.717, 1.165) is 6.07 Å². The van der Waals surface area contributed by atoms with Gasteiger partial charge < -0.3 is 9.84 Å². The summed E-state index contributed by atoms with van der Waals surface area (Å²) in [6.45, 7) is -0.209. The lowest BCUT2D eigenvalue weighted by Crippen LogP contribution is -2.06. The number of benzene rings is 2. The summed E-state index contributed by atoms with van der Waals surface area (Å²) in [5.74, 6) is -3.60. The molecule has 2 aromatic carbocycles. The van der Waals surface area contributed by atoms with Crippen molar-refractivity contribution in [3.63, 3.8) is 0 Å². The maximum Gasteiger partial charge on any atom is 0.336 e. The molecule has 0 unspecified atom stereocenters. The van der Waals surface area contributed by atoms with Crippen molar-refractivity contribution in [3.05, 3.63) is 64.2 Å². The average molecular weight is 299 g/mol. The Labute approximate surface area is 118 Å². The highest BCUT2D eigenvalue weighted by atomic mass is 35.5. The first-order valence-corrected chi connectivity index (χ1v) is 5.95. The molecule has 0 aliphatic carbocycles. The van der Waals surface area contributed by atoms with Crippen molar-refractivity contribution in [2.24, 2.45) is 0 Å². The van der Waals surface area contributed by atoms with E-state index in [2.05, 4.69) is 0 Å². The van der Waals surface area contributed by atoms with Crippen LogP contribution in [0.5, 0.6) is 5.75 Å². The van der Waals surface area contributed by atoms with Gasteiger partial charge in [0.1, 0.15) is 6.61 Å². The Morgan fingerprint density at radius 1 is 1.25 bits per heavy atom. The number of carboxylic acids is 1. The van der Waals surface area contributed by atoms with Crippen LogP contribution < -0.4 is 4.74 Å². The van der Waals surface area contributed by atoms with Crippen LogP contribution in [0.3, 0.4) is 0 Å². The quantitative estimate of drug-likeness (QED) is 0.931. The number of aromatic carboxylic acids is 1. The van der Waals surface area contributed by atoms with E-state index in [1.807, 2.05) is 0 Å². The molecule has 0 aliphatic rings. The molecule has 3 nitrogen and oxygen atoms in total. The lowest BCUT2D eigenvalue weighted by Gasteiger charge is -2.10. The lowest BCUT2D eigenvalue weighted by molar-refractivity contribution is 0.0694. The van der Waals surface area contributed by atoms with Gasteiger partial charge in [0, 0.05) is 10.6 Å². The molecule has 0 aromatic heterocycles. The smallest absolute Gasteiger partial charge is 0.336 e. The van der Waals surface area contributed by atoms with Crippen LogP contribution in [0.2, 0.25) is 5.02 Å². The first kappa shape index (κ1) is 14.3. The first-order chi connectivity index (χ1) is 9.49. The van der Waals surface area contributed by atoms with Gasteiger partial charge in [0.15, 0.2) is 11.6 Å². The Bertz CT molecular complexity index is 659. The number of ether oxygens (including phenoxy) is 1. The number of rotatable bonds is 4. The minimum atomic E-state index is -1.18. The molecule has 0 radical (unpaired) electrons. The van der Waals surface area contributed by atoms with Gasteiger partial charge in [-0.1, -0.05) is 23.7 Å². The maximum absolute atomic E-state index is 13.4. The van der Waals surface area contributed by atoms with Gasteiger partial charge in [-0.05, 0) is 24.3 Å². The zero-order valence-electron chi connectivity index (χ0n) is 10.1. The minimum absolute atomic E-state index is 0.0469. The Morgan fingerprint density at radius 2 is 2.00 bits per heavy atom. The Morgan fingerprint density at radius 3 is 2.70 bits per heavy atom. The molecule has 0 saturated heterocycles. The van der Waals surface area contributed by atoms with Crippen LogP contribution >= 0.6 is 11.6 Å². The fourth-order valence-corrected chi connectivity index (χ4v) is 1.80. The Kier molecular flexibility index (Phi) is 4.20. The third kappa shape index (κ3) is 3.05. The van der Waals surface area contributed by atoms with Crippen LogP contribution in [-0.4, -0.2) is 11.1 Å². The van der Waals surface area contributed by atoms with Gasteiger partial charge in [-0.25, -0.2) is 9.18 Å². The van der Waals surface area contributed by atoms with E-state index in [4.69, 9.17) is 21.4 Å². The van der Waals surface area contributed by atoms with Gasteiger partial charge in [0.25, 0.3) is 0 Å². The molecule has 2 aromatic rings. The highest BCUT2D eigenvalue weighted by molar-refractivity contribution is 6.30. The molecule has 0 aliphatic heterocycles. The number of hydrogen-bond donors (Lipinski definition) is 1. The average Bonchev–Trinajstić information content (AvgIpc) is 2.41. The SMILES string of the molecule is O=C(O)c1cc(Cl)ccc1COc1cccc(F)c1F. The van der Waals surface area contributed by atoms with Crippen molar-refractivity contribution in [1.82, 2.24) is 0 Å². The lowest BCUT2D eigenvalue weighted by atomic mass is 10.1. The summed E-state index contributed by atoms with van der Waals surface area (Å²) in [5.41, 5.74) is 0.264. The van der Waals surface area contributed by atoms with Crippen LogP contribution in [0.25, 0.3) is 0 Å². The molecule has 1 N–H and O–H groups in total. The molecule has 6 heteroatoms. The minimum Gasteiger partial charge on any atom is -0.486 e. The van der Waals surface area contributed by atoms with Crippen molar-refractivity contribution < 1.29 is 23.4 Å². The second-order valence-corrected chi connectivity index (χ2v) is 4.38. The predicted molar refractivity (Wildman–Crippen MR) is 69.1 cm³/mol. The molecule has 0 atom stereocenters. The highest BCUT2D eigenvalue weighted by Gasteiger charge is 2.13. The summed E-state index contributed by atoms with van der Waals surface area (Å²) in [6.07, 6.45) is 0. The van der Waals surface area contributed by atoms with Crippen LogP contribution in [-0.2, 0) is 6.61 Å². The maximum atomic E-state index is 13.4. The van der Waals surface area contributed by atoms with Crippen molar-refractivity contribution in [2.75, 3.05) is 0 Å². The summed E-state index contributed by atoms with van der Waals surface area (Å²) in [6, 6.07) is 7.75. The van der Waals surface area contributed by atoms with E-state index < -0.39 is 17.6 Å². The molecule has 0 amide bonds. The van der Waals surface area contributed by atoms with Crippen molar-refractivity contribution in [1.29, 1.82) is 0 Å². The molecule has 104 valence electrons. The van der Waals surface area contributed by atoms with Crippen molar-refractivity contribution in [2.45, 2.75) is 6.61 Å². The fourth-order valence-electron chi connectivity index (χ4n) is 1.62. The zero-order valence-corrected chi connectivity index (χ0v) is 10.8. The standard InChI is InChI=1S/C14H9ClF2O3/c15-9-5-4-8(10(6-9)14(18)19)7-20-12-3-1-2-11(16)13(12)17/h1-6H,7H2,(H,18,19). The predicted octanol–water partition coefficient (Wildman–Crippen LogP) is 3.90. The number of hydrogen-bond acceptors (Lipinski definition) is 2. The van der Waals surface area contributed by atoms with Gasteiger partial charge in [-0.15, -0.1) is 0 Å². The zero-order chi connectivity index (χ0) is 14.7. The second kappa shape index (κ2) is 5.88. The van der Waals surface area contributed by atoms with E-state index in [1.54, 1.807) is 0 Å². The molecule has 2 rings (SSSR count). The summed E-state index contributed by atoms with van der Waals surface area (Å²) >= 11 is 5.71. The summed E-state index contributed by atoms with van der Waals surface area (Å²) in [7, 11) is 0. The number of halogens is 3. The molecule has 0 spiro atoms. The number of carboxylic acid groups (broad SMARTS) is 1. The molecule has 0 fully saturated rings. The third-order valence-electron chi connectivity index (χ3n) is 2.60. The molecule has 0 heterocycles. The van der Waals surface area contributed by atoms with E-state index in [0.29, 0.717) is 5.56 Å². The second-order valence-electron chi connectivity index (χ2n) is 3.95. The van der Waals surface area contributed by atoms with Crippen LogP contribution in [0, 0.1) is 11.6 Å². The fraction of sp³-hybridized carbons (Fsp3) is 0.0714. The monoisotopic (exact) mass is 298 g/mol. The summed E-state index contributed by atoms with van der Waals surface area (Å²) in [4.78, 5) is 11.1. The Hall–Kier alpha value is -2.14. The largest absolute Gasteiger partial charge is 0.486 e. The van der Waals surface area contributed by atoms with Gasteiger partial charge in [0.05, 0.1) is 5.56 Å². The molecule has 0 bridgehead atoms. The first-order valence-electron chi connectivity index (χ1n) is 5.57. The molecule has 0 saturated carbocycles. The van der Waals surface area contributed by atoms with Gasteiger partial charge >= 0.3 is 5.97 Å². The highest BCUT2D eigenvalue weighted by Crippen LogP contribution is 2.22. The van der Waals surface area contributed by atoms with E-state index in [-0.39, 0.29) is 22.9 Å². The van der Waals surface area contributed by atoms with E-state index in [9.17, 15) is 13.6 Å². The normalized spacial score (nSPS) is 10.3. The number of carbonyl (C=O) groups is 1. The molecule has 20 heavy (non-hydrogen) atoms. The third-order valence-corrected chi connectivity index (χ3v) is 2.84. The van der Waals surface area contributed by atoms with Gasteiger partial charge in [-0.2, -0.15) is 4.39 Å². The van der Waals surface area contributed by atoms with Crippen LogP contribution in [0.1, 0.15) is 15.9 Å². The Balaban J connectivity index is 2.23.